The molecule has 0 aromatic heterocycles. The van der Waals surface area contributed by atoms with Crippen molar-refractivity contribution < 1.29 is 29.3 Å². The number of hydrogen-bond donors (Lipinski definition) is 2. The maximum absolute atomic E-state index is 11.9. The minimum Gasteiger partial charge on any atom is -0.478 e. The molecule has 166 valence electrons. The molecule has 1 aliphatic heterocycles. The summed E-state index contributed by atoms with van der Waals surface area (Å²) in [5.41, 5.74) is 0.805. The molecule has 1 atom stereocenters. The van der Waals surface area contributed by atoms with E-state index in [-0.39, 0.29) is 23.1 Å². The van der Waals surface area contributed by atoms with Crippen molar-refractivity contribution in [1.82, 2.24) is 0 Å². The number of hydrogen-bond acceptors (Lipinski definition) is 4. The highest BCUT2D eigenvalue weighted by Crippen LogP contribution is 2.65. The van der Waals surface area contributed by atoms with E-state index in [1.54, 1.807) is 6.08 Å². The Morgan fingerprint density at radius 1 is 1.10 bits per heavy atom. The van der Waals surface area contributed by atoms with Crippen molar-refractivity contribution in [2.24, 2.45) is 29.1 Å². The van der Waals surface area contributed by atoms with Crippen LogP contribution in [-0.4, -0.2) is 34.2 Å². The van der Waals surface area contributed by atoms with Crippen LogP contribution in [0, 0.1) is 29.1 Å². The highest BCUT2D eigenvalue weighted by atomic mass is 16.5. The van der Waals surface area contributed by atoms with E-state index in [0.717, 1.165) is 18.3 Å². The number of carboxylic acids is 2. The predicted octanol–water partition coefficient (Wildman–Crippen LogP) is 4.59. The van der Waals surface area contributed by atoms with Crippen LogP contribution in [-0.2, 0) is 19.1 Å². The molecule has 5 aliphatic rings. The zero-order valence-corrected chi connectivity index (χ0v) is 18.1. The van der Waals surface area contributed by atoms with Crippen LogP contribution in [0.1, 0.15) is 71.6 Å². The van der Waals surface area contributed by atoms with Crippen LogP contribution in [0.4, 0.5) is 0 Å². The van der Waals surface area contributed by atoms with Gasteiger partial charge in [0.15, 0.2) is 0 Å². The minimum atomic E-state index is -0.935. The molecule has 1 saturated heterocycles. The number of aliphatic carboxylic acids is 2. The Balaban J connectivity index is 0.000000377. The summed E-state index contributed by atoms with van der Waals surface area (Å²) >= 11 is 0. The van der Waals surface area contributed by atoms with Gasteiger partial charge in [-0.2, -0.15) is 0 Å². The third-order valence-corrected chi connectivity index (χ3v) is 7.88. The van der Waals surface area contributed by atoms with Crippen LogP contribution in [0.3, 0.4) is 0 Å². The fourth-order valence-corrected chi connectivity index (χ4v) is 6.56. The number of rotatable bonds is 6. The Bertz CT molecular complexity index is 709. The number of carbonyl (C=O) groups is 3. The Morgan fingerprint density at radius 3 is 2.00 bits per heavy atom. The molecular formula is C24H34O6. The highest BCUT2D eigenvalue weighted by Gasteiger charge is 2.56. The number of carbonyl (C=O) groups excluding carboxylic acids is 1. The van der Waals surface area contributed by atoms with Crippen molar-refractivity contribution in [1.29, 1.82) is 0 Å². The van der Waals surface area contributed by atoms with Gasteiger partial charge in [0.25, 0.3) is 0 Å². The standard InChI is InChI=1S/C20H28O4.C4H6O2/c1-2-20(15-6-12-5-13(8-15)9-16(20)7-12)11-14(19(22)23)10-17-3-4-18(21)24-17;1-3(2)4(5)6/h10,12-13,15-17H,2-9,11H2,1H3,(H,22,23);1H2,2H3,(H,5,6). The second kappa shape index (κ2) is 8.94. The lowest BCUT2D eigenvalue weighted by atomic mass is 9.43. The topological polar surface area (TPSA) is 101 Å². The summed E-state index contributed by atoms with van der Waals surface area (Å²) in [6.45, 7) is 6.85. The fraction of sp³-hybridized carbons (Fsp3) is 0.708. The summed E-state index contributed by atoms with van der Waals surface area (Å²) in [6.07, 6.45) is 10.7. The van der Waals surface area contributed by atoms with Gasteiger partial charge >= 0.3 is 17.9 Å². The van der Waals surface area contributed by atoms with Crippen LogP contribution < -0.4 is 0 Å². The molecule has 1 unspecified atom stereocenters. The third-order valence-electron chi connectivity index (χ3n) is 7.88. The largest absolute Gasteiger partial charge is 0.478 e. The first kappa shape index (κ1) is 22.6. The first-order chi connectivity index (χ1) is 14.1. The summed E-state index contributed by atoms with van der Waals surface area (Å²) in [4.78, 5) is 32.8. The average molecular weight is 419 g/mol. The molecule has 2 N–H and O–H groups in total. The Labute approximate surface area is 178 Å². The van der Waals surface area contributed by atoms with Crippen LogP contribution in [0.2, 0.25) is 0 Å². The Hall–Kier alpha value is -2.11. The lowest BCUT2D eigenvalue weighted by molar-refractivity contribution is -0.141. The van der Waals surface area contributed by atoms with Gasteiger partial charge in [0.2, 0.25) is 0 Å². The van der Waals surface area contributed by atoms with E-state index in [2.05, 4.69) is 13.5 Å². The lowest BCUT2D eigenvalue weighted by Crippen LogP contribution is -2.53. The molecule has 0 amide bonds. The zero-order valence-electron chi connectivity index (χ0n) is 18.1. The summed E-state index contributed by atoms with van der Waals surface area (Å²) in [5.74, 6) is 1.18. The van der Waals surface area contributed by atoms with Crippen molar-refractivity contribution in [2.75, 3.05) is 0 Å². The molecule has 4 aliphatic carbocycles. The molecule has 0 radical (unpaired) electrons. The monoisotopic (exact) mass is 418 g/mol. The molecule has 1 heterocycles. The van der Waals surface area contributed by atoms with Gasteiger partial charge in [-0.3, -0.25) is 4.79 Å². The molecule has 30 heavy (non-hydrogen) atoms. The van der Waals surface area contributed by atoms with E-state index in [1.165, 1.54) is 39.0 Å². The van der Waals surface area contributed by atoms with E-state index in [1.807, 2.05) is 0 Å². The van der Waals surface area contributed by atoms with Gasteiger partial charge in [-0.1, -0.05) is 13.5 Å². The fourth-order valence-electron chi connectivity index (χ4n) is 6.56. The van der Waals surface area contributed by atoms with Crippen molar-refractivity contribution in [2.45, 2.75) is 77.7 Å². The molecular weight excluding hydrogens is 384 g/mol. The molecule has 6 nitrogen and oxygen atoms in total. The molecule has 0 aromatic carbocycles. The summed E-state index contributed by atoms with van der Waals surface area (Å²) in [5, 5.41) is 17.6. The maximum atomic E-state index is 11.9. The van der Waals surface area contributed by atoms with Crippen molar-refractivity contribution in [3.05, 3.63) is 23.8 Å². The van der Waals surface area contributed by atoms with Crippen molar-refractivity contribution >= 4 is 17.9 Å². The first-order valence-electron chi connectivity index (χ1n) is 11.2. The van der Waals surface area contributed by atoms with Gasteiger partial charge in [-0.25, -0.2) is 9.59 Å². The normalized spacial score (nSPS) is 36.7. The predicted molar refractivity (Wildman–Crippen MR) is 112 cm³/mol. The van der Waals surface area contributed by atoms with Crippen LogP contribution in [0.25, 0.3) is 0 Å². The van der Waals surface area contributed by atoms with E-state index < -0.39 is 11.9 Å². The number of carboxylic acid groups (broad SMARTS) is 2. The molecule has 4 bridgehead atoms. The quantitative estimate of drug-likeness (QED) is 0.483. The van der Waals surface area contributed by atoms with E-state index >= 15 is 0 Å². The van der Waals surface area contributed by atoms with E-state index in [9.17, 15) is 19.5 Å². The van der Waals surface area contributed by atoms with Gasteiger partial charge < -0.3 is 14.9 Å². The minimum absolute atomic E-state index is 0.153. The van der Waals surface area contributed by atoms with Gasteiger partial charge in [-0.05, 0) is 93.5 Å². The van der Waals surface area contributed by atoms with Crippen molar-refractivity contribution in [3.63, 3.8) is 0 Å². The Morgan fingerprint density at radius 2 is 1.63 bits per heavy atom. The van der Waals surface area contributed by atoms with Crippen LogP contribution in [0.15, 0.2) is 23.8 Å². The highest BCUT2D eigenvalue weighted by molar-refractivity contribution is 5.87. The average Bonchev–Trinajstić information content (AvgIpc) is 3.08. The summed E-state index contributed by atoms with van der Waals surface area (Å²) < 4.78 is 5.24. The lowest BCUT2D eigenvalue weighted by Gasteiger charge is -2.61. The summed E-state index contributed by atoms with van der Waals surface area (Å²) in [6, 6.07) is 0. The molecule has 4 saturated carbocycles. The van der Waals surface area contributed by atoms with Gasteiger partial charge in [0.1, 0.15) is 6.10 Å². The maximum Gasteiger partial charge on any atom is 0.331 e. The molecule has 6 heteroatoms. The molecule has 5 fully saturated rings. The van der Waals surface area contributed by atoms with Crippen LogP contribution in [0.5, 0.6) is 0 Å². The smallest absolute Gasteiger partial charge is 0.331 e. The zero-order chi connectivity index (χ0) is 22.1. The van der Waals surface area contributed by atoms with Gasteiger partial charge in [-0.15, -0.1) is 0 Å². The van der Waals surface area contributed by atoms with Gasteiger partial charge in [0, 0.05) is 17.6 Å². The molecule has 0 spiro atoms. The summed E-state index contributed by atoms with van der Waals surface area (Å²) in [7, 11) is 0. The van der Waals surface area contributed by atoms with Crippen LogP contribution >= 0.6 is 0 Å². The Kier molecular flexibility index (Phi) is 6.73. The third kappa shape index (κ3) is 4.62. The number of cyclic esters (lactones) is 1. The van der Waals surface area contributed by atoms with Crippen molar-refractivity contribution in [3.8, 4) is 0 Å². The second-order valence-electron chi connectivity index (χ2n) is 9.72. The van der Waals surface area contributed by atoms with Gasteiger partial charge in [0.05, 0.1) is 0 Å². The second-order valence-corrected chi connectivity index (χ2v) is 9.72. The number of esters is 1. The SMILES string of the molecule is C=C(C)C(=O)O.CCC1(CC(=CC2CCC(=O)O2)C(=O)O)C2CC3CC(C2)CC1C3. The molecule has 5 rings (SSSR count). The first-order valence-corrected chi connectivity index (χ1v) is 11.2. The molecule has 0 aromatic rings. The number of ether oxygens (including phenoxy) is 1. The van der Waals surface area contributed by atoms with E-state index in [4.69, 9.17) is 9.84 Å². The van der Waals surface area contributed by atoms with E-state index in [0.29, 0.717) is 36.7 Å².